The highest BCUT2D eigenvalue weighted by molar-refractivity contribution is 9.10. The molecule has 1 nitrogen and oxygen atoms in total. The molecule has 0 spiro atoms. The number of hydrogen-bond donors (Lipinski definition) is 1. The predicted octanol–water partition coefficient (Wildman–Crippen LogP) is 5.46. The molecule has 0 bridgehead atoms. The molecule has 2 rings (SSSR count). The predicted molar refractivity (Wildman–Crippen MR) is 74.2 cm³/mol. The summed E-state index contributed by atoms with van der Waals surface area (Å²) in [7, 11) is 0. The highest BCUT2D eigenvalue weighted by atomic mass is 79.9. The minimum Gasteiger partial charge on any atom is -0.382 e. The summed E-state index contributed by atoms with van der Waals surface area (Å²) in [5, 5.41) is 3.05. The summed E-state index contributed by atoms with van der Waals surface area (Å²) in [6, 6.07) is 4.12. The molecule has 106 valence electrons. The minimum atomic E-state index is -4.32. The van der Waals surface area contributed by atoms with Crippen LogP contribution in [0.15, 0.2) is 22.7 Å². The second kappa shape index (κ2) is 5.73. The summed E-state index contributed by atoms with van der Waals surface area (Å²) in [6.45, 7) is 1.97. The number of rotatable bonds is 3. The smallest absolute Gasteiger partial charge is 0.382 e. The van der Waals surface area contributed by atoms with Crippen LogP contribution >= 0.6 is 15.9 Å². The van der Waals surface area contributed by atoms with Gasteiger partial charge in [0.05, 0.1) is 5.56 Å². The molecular weight excluding hydrogens is 319 g/mol. The Hall–Kier alpha value is -0.710. The van der Waals surface area contributed by atoms with Gasteiger partial charge in [0.1, 0.15) is 0 Å². The number of nitrogens with one attached hydrogen (secondary N) is 1. The third-order valence-electron chi connectivity index (χ3n) is 3.78. The van der Waals surface area contributed by atoms with Crippen molar-refractivity contribution in [2.45, 2.75) is 44.8 Å². The fourth-order valence-corrected chi connectivity index (χ4v) is 3.06. The van der Waals surface area contributed by atoms with E-state index >= 15 is 0 Å². The Bertz CT molecular complexity index is 439. The first kappa shape index (κ1) is 14.7. The maximum atomic E-state index is 13.0. The van der Waals surface area contributed by atoms with Crippen molar-refractivity contribution < 1.29 is 13.2 Å². The van der Waals surface area contributed by atoms with E-state index in [9.17, 15) is 13.2 Å². The Morgan fingerprint density at radius 3 is 2.47 bits per heavy atom. The molecule has 0 amide bonds. The molecule has 0 radical (unpaired) electrons. The van der Waals surface area contributed by atoms with Gasteiger partial charge in [-0.3, -0.25) is 0 Å². The minimum absolute atomic E-state index is 0.0675. The van der Waals surface area contributed by atoms with Crippen LogP contribution in [0.2, 0.25) is 0 Å². The lowest BCUT2D eigenvalue weighted by Crippen LogP contribution is -2.25. The number of halogens is 4. The lowest BCUT2D eigenvalue weighted by atomic mass is 9.99. The van der Waals surface area contributed by atoms with Crippen LogP contribution in [-0.2, 0) is 6.18 Å². The van der Waals surface area contributed by atoms with Crippen LogP contribution in [0, 0.1) is 5.92 Å². The second-order valence-corrected chi connectivity index (χ2v) is 6.08. The zero-order chi connectivity index (χ0) is 14.0. The van der Waals surface area contributed by atoms with Gasteiger partial charge >= 0.3 is 6.18 Å². The fraction of sp³-hybridized carbons (Fsp3) is 0.571. The standard InChI is InChI=1S/C14H17BrF3N/c1-9(10-4-2-3-5-10)19-13-8-11(15)6-7-12(13)14(16,17)18/h6-10,19H,2-5H2,1H3. The molecule has 1 N–H and O–H groups in total. The highest BCUT2D eigenvalue weighted by Crippen LogP contribution is 2.38. The summed E-state index contributed by atoms with van der Waals surface area (Å²) >= 11 is 3.23. The van der Waals surface area contributed by atoms with E-state index in [0.717, 1.165) is 18.9 Å². The number of benzene rings is 1. The molecular formula is C14H17BrF3N. The van der Waals surface area contributed by atoms with Gasteiger partial charge in [-0.15, -0.1) is 0 Å². The van der Waals surface area contributed by atoms with Crippen LogP contribution in [0.3, 0.4) is 0 Å². The van der Waals surface area contributed by atoms with Gasteiger partial charge in [0.25, 0.3) is 0 Å². The van der Waals surface area contributed by atoms with Crippen LogP contribution < -0.4 is 5.32 Å². The molecule has 1 aliphatic carbocycles. The lowest BCUT2D eigenvalue weighted by molar-refractivity contribution is -0.137. The largest absolute Gasteiger partial charge is 0.418 e. The van der Waals surface area contributed by atoms with E-state index in [1.54, 1.807) is 0 Å². The summed E-state index contributed by atoms with van der Waals surface area (Å²) in [5.74, 6) is 0.472. The van der Waals surface area contributed by atoms with Crippen LogP contribution in [0.4, 0.5) is 18.9 Å². The van der Waals surface area contributed by atoms with Crippen molar-refractivity contribution in [2.75, 3.05) is 5.32 Å². The van der Waals surface area contributed by atoms with E-state index in [-0.39, 0.29) is 11.7 Å². The Morgan fingerprint density at radius 2 is 1.89 bits per heavy atom. The monoisotopic (exact) mass is 335 g/mol. The van der Waals surface area contributed by atoms with Crippen molar-refractivity contribution in [3.8, 4) is 0 Å². The molecule has 0 aromatic heterocycles. The maximum absolute atomic E-state index is 13.0. The Morgan fingerprint density at radius 1 is 1.26 bits per heavy atom. The fourth-order valence-electron chi connectivity index (χ4n) is 2.70. The van der Waals surface area contributed by atoms with Crippen LogP contribution in [-0.4, -0.2) is 6.04 Å². The SMILES string of the molecule is CC(Nc1cc(Br)ccc1C(F)(F)F)C1CCCC1. The molecule has 0 saturated heterocycles. The van der Waals surface area contributed by atoms with Gasteiger partial charge in [0.15, 0.2) is 0 Å². The van der Waals surface area contributed by atoms with E-state index < -0.39 is 11.7 Å². The van der Waals surface area contributed by atoms with Gasteiger partial charge in [-0.25, -0.2) is 0 Å². The average molecular weight is 336 g/mol. The van der Waals surface area contributed by atoms with E-state index in [0.29, 0.717) is 10.4 Å². The topological polar surface area (TPSA) is 12.0 Å². The molecule has 1 atom stereocenters. The van der Waals surface area contributed by atoms with Crippen LogP contribution in [0.25, 0.3) is 0 Å². The summed E-state index contributed by atoms with van der Waals surface area (Å²) < 4.78 is 39.5. The first-order chi connectivity index (χ1) is 8.88. The lowest BCUT2D eigenvalue weighted by Gasteiger charge is -2.24. The molecule has 1 unspecified atom stereocenters. The normalized spacial score (nSPS) is 18.6. The molecule has 0 aliphatic heterocycles. The number of hydrogen-bond acceptors (Lipinski definition) is 1. The molecule has 1 saturated carbocycles. The Kier molecular flexibility index (Phi) is 4.43. The van der Waals surface area contributed by atoms with Crippen molar-refractivity contribution in [3.05, 3.63) is 28.2 Å². The summed E-state index contributed by atoms with van der Waals surface area (Å²) in [4.78, 5) is 0. The second-order valence-electron chi connectivity index (χ2n) is 5.17. The quantitative estimate of drug-likeness (QED) is 0.773. The number of anilines is 1. The van der Waals surface area contributed by atoms with Gasteiger partial charge in [0.2, 0.25) is 0 Å². The summed E-state index contributed by atoms with van der Waals surface area (Å²) in [5.41, 5.74) is -0.429. The van der Waals surface area contributed by atoms with Gasteiger partial charge in [-0.05, 0) is 43.9 Å². The third kappa shape index (κ3) is 3.65. The van der Waals surface area contributed by atoms with Crippen molar-refractivity contribution in [2.24, 2.45) is 5.92 Å². The van der Waals surface area contributed by atoms with Crippen LogP contribution in [0.5, 0.6) is 0 Å². The van der Waals surface area contributed by atoms with Crippen LogP contribution in [0.1, 0.15) is 38.2 Å². The molecule has 1 aliphatic rings. The molecule has 0 heterocycles. The molecule has 1 aromatic carbocycles. The van der Waals surface area contributed by atoms with Gasteiger partial charge < -0.3 is 5.32 Å². The average Bonchev–Trinajstić information content (AvgIpc) is 2.80. The Labute approximate surface area is 119 Å². The van der Waals surface area contributed by atoms with E-state index in [1.807, 2.05) is 6.92 Å². The first-order valence-electron chi connectivity index (χ1n) is 6.51. The maximum Gasteiger partial charge on any atom is 0.418 e. The van der Waals surface area contributed by atoms with Gasteiger partial charge in [0, 0.05) is 16.2 Å². The van der Waals surface area contributed by atoms with Crippen molar-refractivity contribution in [1.82, 2.24) is 0 Å². The first-order valence-corrected chi connectivity index (χ1v) is 7.30. The number of alkyl halides is 3. The molecule has 1 fully saturated rings. The summed E-state index contributed by atoms with van der Waals surface area (Å²) in [6.07, 6.45) is 0.244. The molecule has 5 heteroatoms. The third-order valence-corrected chi connectivity index (χ3v) is 4.27. The Balaban J connectivity index is 2.20. The zero-order valence-corrected chi connectivity index (χ0v) is 12.3. The van der Waals surface area contributed by atoms with E-state index in [1.165, 1.54) is 25.0 Å². The van der Waals surface area contributed by atoms with Gasteiger partial charge in [-0.2, -0.15) is 13.2 Å². The van der Waals surface area contributed by atoms with Crippen molar-refractivity contribution in [3.63, 3.8) is 0 Å². The zero-order valence-electron chi connectivity index (χ0n) is 10.7. The van der Waals surface area contributed by atoms with Gasteiger partial charge in [-0.1, -0.05) is 28.8 Å². The van der Waals surface area contributed by atoms with Crippen molar-refractivity contribution in [1.29, 1.82) is 0 Å². The molecule has 19 heavy (non-hydrogen) atoms. The highest BCUT2D eigenvalue weighted by Gasteiger charge is 2.34. The van der Waals surface area contributed by atoms with E-state index in [4.69, 9.17) is 0 Å². The molecule has 1 aromatic rings. The van der Waals surface area contributed by atoms with Crippen molar-refractivity contribution >= 4 is 21.6 Å². The van der Waals surface area contributed by atoms with E-state index in [2.05, 4.69) is 21.2 Å².